The minimum absolute atomic E-state index is 0.206. The molecule has 0 fully saturated rings. The van der Waals surface area contributed by atoms with Crippen molar-refractivity contribution in [3.05, 3.63) is 65.2 Å². The number of carbonyl (C=O) groups is 2. The van der Waals surface area contributed by atoms with E-state index in [0.717, 1.165) is 27.3 Å². The molecule has 0 saturated heterocycles. The summed E-state index contributed by atoms with van der Waals surface area (Å²) >= 11 is 0. The minimum atomic E-state index is -3.74. The van der Waals surface area contributed by atoms with Crippen molar-refractivity contribution in [2.24, 2.45) is 5.92 Å². The highest BCUT2D eigenvalue weighted by molar-refractivity contribution is 7.92. The number of carbonyl (C=O) groups excluding carboxylic acids is 2. The number of rotatable bonds is 11. The van der Waals surface area contributed by atoms with E-state index < -0.39 is 22.0 Å². The zero-order valence-corrected chi connectivity index (χ0v) is 21.9. The number of hydrogen-bond donors (Lipinski definition) is 1. The van der Waals surface area contributed by atoms with Crippen LogP contribution in [0.5, 0.6) is 0 Å². The lowest BCUT2D eigenvalue weighted by atomic mass is 10.1. The van der Waals surface area contributed by atoms with E-state index in [-0.39, 0.29) is 24.9 Å². The lowest BCUT2D eigenvalue weighted by Crippen LogP contribution is -2.52. The Morgan fingerprint density at radius 2 is 1.59 bits per heavy atom. The molecular weight excluding hydrogens is 450 g/mol. The Balaban J connectivity index is 2.42. The van der Waals surface area contributed by atoms with Gasteiger partial charge in [0.2, 0.25) is 21.8 Å². The first-order chi connectivity index (χ1) is 15.9. The van der Waals surface area contributed by atoms with Gasteiger partial charge in [-0.25, -0.2) is 8.42 Å². The van der Waals surface area contributed by atoms with E-state index in [1.54, 1.807) is 12.1 Å². The number of benzene rings is 2. The number of sulfonamides is 1. The van der Waals surface area contributed by atoms with Gasteiger partial charge in [0.05, 0.1) is 11.9 Å². The Hall–Kier alpha value is -2.87. The summed E-state index contributed by atoms with van der Waals surface area (Å²) in [6.07, 6.45) is 1.50. The average molecular weight is 488 g/mol. The number of amides is 2. The number of anilines is 1. The van der Waals surface area contributed by atoms with Gasteiger partial charge < -0.3 is 10.2 Å². The molecule has 2 aromatic carbocycles. The third kappa shape index (κ3) is 7.87. The van der Waals surface area contributed by atoms with Crippen LogP contribution in [0.3, 0.4) is 0 Å². The van der Waals surface area contributed by atoms with Gasteiger partial charge in [0, 0.05) is 13.1 Å². The monoisotopic (exact) mass is 487 g/mol. The summed E-state index contributed by atoms with van der Waals surface area (Å²) in [6.45, 7) is 9.94. The molecule has 0 radical (unpaired) electrons. The van der Waals surface area contributed by atoms with Gasteiger partial charge in [0.1, 0.15) is 12.6 Å². The van der Waals surface area contributed by atoms with Gasteiger partial charge in [-0.15, -0.1) is 0 Å². The maximum Gasteiger partial charge on any atom is 0.244 e. The van der Waals surface area contributed by atoms with Crippen LogP contribution < -0.4 is 9.62 Å². The molecule has 0 aromatic heterocycles. The molecule has 0 bridgehead atoms. The highest BCUT2D eigenvalue weighted by atomic mass is 32.2. The van der Waals surface area contributed by atoms with E-state index in [1.165, 1.54) is 4.90 Å². The smallest absolute Gasteiger partial charge is 0.244 e. The topological polar surface area (TPSA) is 86.8 Å². The van der Waals surface area contributed by atoms with Crippen molar-refractivity contribution in [2.45, 2.75) is 53.6 Å². The zero-order chi connectivity index (χ0) is 25.5. The predicted molar refractivity (Wildman–Crippen MR) is 137 cm³/mol. The number of nitrogens with one attached hydrogen (secondary N) is 1. The molecule has 0 unspecified atom stereocenters. The van der Waals surface area contributed by atoms with Gasteiger partial charge in [-0.3, -0.25) is 13.9 Å². The summed E-state index contributed by atoms with van der Waals surface area (Å²) in [5.74, 6) is -0.400. The number of aryl methyl sites for hydroxylation is 2. The third-order valence-corrected chi connectivity index (χ3v) is 6.58. The fourth-order valence-corrected chi connectivity index (χ4v) is 4.66. The molecule has 0 aliphatic heterocycles. The lowest BCUT2D eigenvalue weighted by molar-refractivity contribution is -0.140. The molecular formula is C26H37N3O4S. The fraction of sp³-hybridized carbons (Fsp3) is 0.462. The molecule has 0 aliphatic rings. The third-order valence-electron chi connectivity index (χ3n) is 5.44. The highest BCUT2D eigenvalue weighted by Crippen LogP contribution is 2.22. The van der Waals surface area contributed by atoms with Crippen LogP contribution in [0, 0.1) is 19.8 Å². The normalized spacial score (nSPS) is 12.3. The van der Waals surface area contributed by atoms with Crippen molar-refractivity contribution in [1.82, 2.24) is 10.2 Å². The Morgan fingerprint density at radius 1 is 1.00 bits per heavy atom. The molecule has 34 heavy (non-hydrogen) atoms. The standard InChI is InChI=1S/C26H37N3O4S/c1-7-24(26(31)27-16-19(2)3)28(17-22-11-9-8-10-12-22)25(30)18-29(34(6,32)33)23-14-20(4)13-21(5)15-23/h8-15,19,24H,7,16-18H2,1-6H3,(H,27,31)/t24-/m0/s1. The van der Waals surface area contributed by atoms with E-state index in [1.807, 2.05) is 71.0 Å². The van der Waals surface area contributed by atoms with Crippen molar-refractivity contribution < 1.29 is 18.0 Å². The summed E-state index contributed by atoms with van der Waals surface area (Å²) in [6, 6.07) is 14.1. The molecule has 0 heterocycles. The van der Waals surface area contributed by atoms with Crippen LogP contribution in [0.25, 0.3) is 0 Å². The van der Waals surface area contributed by atoms with Crippen molar-refractivity contribution in [3.8, 4) is 0 Å². The molecule has 8 heteroatoms. The van der Waals surface area contributed by atoms with Crippen molar-refractivity contribution in [2.75, 3.05) is 23.7 Å². The summed E-state index contributed by atoms with van der Waals surface area (Å²) in [5.41, 5.74) is 3.10. The zero-order valence-electron chi connectivity index (χ0n) is 21.0. The molecule has 2 amide bonds. The maximum atomic E-state index is 13.6. The molecule has 0 saturated carbocycles. The number of nitrogens with zero attached hydrogens (tertiary/aromatic N) is 2. The van der Waals surface area contributed by atoms with E-state index in [0.29, 0.717) is 18.7 Å². The quantitative estimate of drug-likeness (QED) is 0.524. The molecule has 2 rings (SSSR count). The van der Waals surface area contributed by atoms with E-state index in [9.17, 15) is 18.0 Å². The van der Waals surface area contributed by atoms with Crippen molar-refractivity contribution >= 4 is 27.5 Å². The Labute approximate surface area is 204 Å². The lowest BCUT2D eigenvalue weighted by Gasteiger charge is -2.33. The summed E-state index contributed by atoms with van der Waals surface area (Å²) in [4.78, 5) is 28.1. The van der Waals surface area contributed by atoms with E-state index in [4.69, 9.17) is 0 Å². The minimum Gasteiger partial charge on any atom is -0.354 e. The molecule has 0 spiro atoms. The van der Waals surface area contributed by atoms with Crippen LogP contribution in [0.2, 0.25) is 0 Å². The average Bonchev–Trinajstić information content (AvgIpc) is 2.74. The van der Waals surface area contributed by atoms with Crippen LogP contribution >= 0.6 is 0 Å². The molecule has 1 atom stereocenters. The first-order valence-corrected chi connectivity index (χ1v) is 13.4. The van der Waals surface area contributed by atoms with Crippen LogP contribution in [0.1, 0.15) is 43.9 Å². The second kappa shape index (κ2) is 12.0. The predicted octanol–water partition coefficient (Wildman–Crippen LogP) is 3.65. The molecule has 1 N–H and O–H groups in total. The van der Waals surface area contributed by atoms with Gasteiger partial charge in [-0.2, -0.15) is 0 Å². The van der Waals surface area contributed by atoms with Crippen LogP contribution in [0.15, 0.2) is 48.5 Å². The summed E-state index contributed by atoms with van der Waals surface area (Å²) < 4.78 is 26.5. The largest absolute Gasteiger partial charge is 0.354 e. The second-order valence-electron chi connectivity index (χ2n) is 9.19. The Kier molecular flexibility index (Phi) is 9.67. The first kappa shape index (κ1) is 27.4. The van der Waals surface area contributed by atoms with Gasteiger partial charge in [0.15, 0.2) is 0 Å². The van der Waals surface area contributed by atoms with Gasteiger partial charge in [-0.1, -0.05) is 57.2 Å². The first-order valence-electron chi connectivity index (χ1n) is 11.6. The van der Waals surface area contributed by atoms with E-state index >= 15 is 0 Å². The number of hydrogen-bond acceptors (Lipinski definition) is 4. The van der Waals surface area contributed by atoms with E-state index in [2.05, 4.69) is 5.32 Å². The van der Waals surface area contributed by atoms with Gasteiger partial charge in [0.25, 0.3) is 0 Å². The van der Waals surface area contributed by atoms with Gasteiger partial charge >= 0.3 is 0 Å². The van der Waals surface area contributed by atoms with Crippen LogP contribution in [-0.2, 0) is 26.2 Å². The maximum absolute atomic E-state index is 13.6. The van der Waals surface area contributed by atoms with Crippen LogP contribution in [-0.4, -0.2) is 50.5 Å². The molecule has 0 aliphatic carbocycles. The summed E-state index contributed by atoms with van der Waals surface area (Å²) in [7, 11) is -3.74. The highest BCUT2D eigenvalue weighted by Gasteiger charge is 2.31. The Bertz CT molecular complexity index is 1060. The fourth-order valence-electron chi connectivity index (χ4n) is 3.83. The van der Waals surface area contributed by atoms with Crippen molar-refractivity contribution in [3.63, 3.8) is 0 Å². The van der Waals surface area contributed by atoms with Crippen LogP contribution in [0.4, 0.5) is 5.69 Å². The van der Waals surface area contributed by atoms with Crippen molar-refractivity contribution in [1.29, 1.82) is 0 Å². The molecule has 7 nitrogen and oxygen atoms in total. The molecule has 2 aromatic rings. The SMILES string of the molecule is CC[C@@H](C(=O)NCC(C)C)N(Cc1ccccc1)C(=O)CN(c1cc(C)cc(C)c1)S(C)(=O)=O. The van der Waals surface area contributed by atoms with Gasteiger partial charge in [-0.05, 0) is 55.0 Å². The Morgan fingerprint density at radius 3 is 2.09 bits per heavy atom. The second-order valence-corrected chi connectivity index (χ2v) is 11.1. The molecule has 186 valence electrons. The summed E-state index contributed by atoms with van der Waals surface area (Å²) in [5, 5.41) is 2.92.